The van der Waals surface area contributed by atoms with Crippen LogP contribution in [0.15, 0.2) is 127 Å². The smallest absolute Gasteiger partial charge is 0.119 e. The van der Waals surface area contributed by atoms with Crippen molar-refractivity contribution in [3.8, 4) is 5.75 Å². The molecule has 0 heterocycles. The highest BCUT2D eigenvalue weighted by molar-refractivity contribution is 6.04. The molecule has 5 aromatic rings. The van der Waals surface area contributed by atoms with Crippen LogP contribution in [0, 0.1) is 6.92 Å². The van der Waals surface area contributed by atoms with Gasteiger partial charge in [0.1, 0.15) is 5.75 Å². The Hall–Kier alpha value is -4.56. The SMILES string of the molecule is COc1ccc(N(c2ccc(C)cc2)c2ccc(C(C)=CC=Cc3ccccc3)c3ccccc23)cc1. The van der Waals surface area contributed by atoms with E-state index in [0.717, 1.165) is 22.8 Å². The number of methoxy groups -OCH3 is 1. The lowest BCUT2D eigenvalue weighted by Gasteiger charge is -2.27. The van der Waals surface area contributed by atoms with Gasteiger partial charge in [0.15, 0.2) is 0 Å². The average molecular weight is 482 g/mol. The molecule has 0 radical (unpaired) electrons. The molecule has 0 aliphatic carbocycles. The molecule has 0 aliphatic rings. The topological polar surface area (TPSA) is 12.5 Å². The first-order chi connectivity index (χ1) is 18.1. The summed E-state index contributed by atoms with van der Waals surface area (Å²) < 4.78 is 5.42. The monoisotopic (exact) mass is 481 g/mol. The van der Waals surface area contributed by atoms with Crippen LogP contribution < -0.4 is 9.64 Å². The summed E-state index contributed by atoms with van der Waals surface area (Å²) in [6.07, 6.45) is 6.46. The molecule has 2 heteroatoms. The Morgan fingerprint density at radius 2 is 1.30 bits per heavy atom. The number of rotatable bonds is 7. The second-order valence-electron chi connectivity index (χ2n) is 9.17. The molecule has 2 nitrogen and oxygen atoms in total. The van der Waals surface area contributed by atoms with Crippen molar-refractivity contribution in [2.24, 2.45) is 0 Å². The third-order valence-corrected chi connectivity index (χ3v) is 6.62. The number of aryl methyl sites for hydroxylation is 1. The van der Waals surface area contributed by atoms with Gasteiger partial charge in [-0.05, 0) is 78.4 Å². The lowest BCUT2D eigenvalue weighted by Crippen LogP contribution is -2.10. The van der Waals surface area contributed by atoms with Crippen LogP contribution in [0.3, 0.4) is 0 Å². The van der Waals surface area contributed by atoms with Crippen LogP contribution >= 0.6 is 0 Å². The van der Waals surface area contributed by atoms with Gasteiger partial charge in [-0.1, -0.05) is 96.6 Å². The quantitative estimate of drug-likeness (QED) is 0.215. The Balaban J connectivity index is 1.61. The molecule has 0 N–H and O–H groups in total. The maximum atomic E-state index is 5.42. The maximum Gasteiger partial charge on any atom is 0.119 e. The van der Waals surface area contributed by atoms with Crippen molar-refractivity contribution >= 4 is 39.5 Å². The molecule has 0 saturated carbocycles. The number of hydrogen-bond acceptors (Lipinski definition) is 2. The van der Waals surface area contributed by atoms with Gasteiger partial charge in [-0.3, -0.25) is 0 Å². The summed E-state index contributed by atoms with van der Waals surface area (Å²) in [5.74, 6) is 0.845. The van der Waals surface area contributed by atoms with E-state index in [-0.39, 0.29) is 0 Å². The maximum absolute atomic E-state index is 5.42. The van der Waals surface area contributed by atoms with Crippen LogP contribution in [0.5, 0.6) is 5.75 Å². The number of ether oxygens (including phenoxy) is 1. The lowest BCUT2D eigenvalue weighted by molar-refractivity contribution is 0.415. The minimum atomic E-state index is 0.845. The van der Waals surface area contributed by atoms with Crippen molar-refractivity contribution in [1.82, 2.24) is 0 Å². The first kappa shape index (κ1) is 24.1. The Morgan fingerprint density at radius 1 is 0.676 bits per heavy atom. The third-order valence-electron chi connectivity index (χ3n) is 6.62. The van der Waals surface area contributed by atoms with Crippen molar-refractivity contribution in [3.63, 3.8) is 0 Å². The zero-order valence-electron chi connectivity index (χ0n) is 21.6. The van der Waals surface area contributed by atoms with E-state index in [9.17, 15) is 0 Å². The first-order valence-corrected chi connectivity index (χ1v) is 12.6. The molecule has 37 heavy (non-hydrogen) atoms. The van der Waals surface area contributed by atoms with Gasteiger partial charge in [-0.15, -0.1) is 0 Å². The number of hydrogen-bond donors (Lipinski definition) is 0. The van der Waals surface area contributed by atoms with Crippen LogP contribution in [-0.4, -0.2) is 7.11 Å². The highest BCUT2D eigenvalue weighted by Gasteiger charge is 2.17. The molecule has 0 aliphatic heterocycles. The molecule has 0 atom stereocenters. The average Bonchev–Trinajstić information content (AvgIpc) is 2.95. The predicted molar refractivity (Wildman–Crippen MR) is 159 cm³/mol. The Morgan fingerprint density at radius 3 is 1.97 bits per heavy atom. The largest absolute Gasteiger partial charge is 0.497 e. The summed E-state index contributed by atoms with van der Waals surface area (Å²) in [5, 5.41) is 2.43. The van der Waals surface area contributed by atoms with Crippen molar-refractivity contribution in [2.45, 2.75) is 13.8 Å². The van der Waals surface area contributed by atoms with Crippen molar-refractivity contribution in [3.05, 3.63) is 144 Å². The van der Waals surface area contributed by atoms with E-state index >= 15 is 0 Å². The van der Waals surface area contributed by atoms with Crippen LogP contribution in [-0.2, 0) is 0 Å². The number of fused-ring (bicyclic) bond motifs is 1. The normalized spacial score (nSPS) is 11.7. The third kappa shape index (κ3) is 5.34. The summed E-state index contributed by atoms with van der Waals surface area (Å²) in [7, 11) is 1.70. The van der Waals surface area contributed by atoms with Crippen LogP contribution in [0.2, 0.25) is 0 Å². The summed E-state index contributed by atoms with van der Waals surface area (Å²) in [4.78, 5) is 2.32. The Bertz CT molecular complexity index is 1550. The van der Waals surface area contributed by atoms with Gasteiger partial charge in [0.2, 0.25) is 0 Å². The van der Waals surface area contributed by atoms with E-state index in [2.05, 4.69) is 134 Å². The second kappa shape index (κ2) is 11.0. The highest BCUT2D eigenvalue weighted by Crippen LogP contribution is 2.41. The van der Waals surface area contributed by atoms with Crippen LogP contribution in [0.4, 0.5) is 17.1 Å². The minimum Gasteiger partial charge on any atom is -0.497 e. The van der Waals surface area contributed by atoms with Gasteiger partial charge in [0.25, 0.3) is 0 Å². The molecule has 0 unspecified atom stereocenters. The van der Waals surface area contributed by atoms with E-state index in [1.807, 2.05) is 18.2 Å². The zero-order chi connectivity index (χ0) is 25.6. The number of anilines is 3. The van der Waals surface area contributed by atoms with Gasteiger partial charge in [0, 0.05) is 16.8 Å². The second-order valence-corrected chi connectivity index (χ2v) is 9.17. The number of allylic oxidation sites excluding steroid dienone is 3. The molecular formula is C35H31NO. The standard InChI is InChI=1S/C35H31NO/c1-26-16-18-29(19-17-26)36(30-20-22-31(37-3)23-21-30)35-25-24-32(33-14-7-8-15-34(33)35)27(2)10-9-13-28-11-5-4-6-12-28/h4-25H,1-3H3. The Kier molecular flexibility index (Phi) is 7.19. The van der Waals surface area contributed by atoms with E-state index in [4.69, 9.17) is 4.74 Å². The van der Waals surface area contributed by atoms with Crippen molar-refractivity contribution < 1.29 is 4.74 Å². The van der Waals surface area contributed by atoms with Crippen molar-refractivity contribution in [1.29, 1.82) is 0 Å². The molecule has 0 spiro atoms. The van der Waals surface area contributed by atoms with E-state index in [0.29, 0.717) is 0 Å². The highest BCUT2D eigenvalue weighted by atomic mass is 16.5. The fourth-order valence-corrected chi connectivity index (χ4v) is 4.63. The van der Waals surface area contributed by atoms with Crippen LogP contribution in [0.25, 0.3) is 22.4 Å². The summed E-state index contributed by atoms with van der Waals surface area (Å²) in [6.45, 7) is 4.30. The molecule has 182 valence electrons. The van der Waals surface area contributed by atoms with E-state index < -0.39 is 0 Å². The summed E-state index contributed by atoms with van der Waals surface area (Å²) in [5.41, 5.74) is 8.23. The lowest BCUT2D eigenvalue weighted by atomic mass is 9.96. The molecule has 5 aromatic carbocycles. The molecule has 0 aromatic heterocycles. The van der Waals surface area contributed by atoms with Gasteiger partial charge in [0.05, 0.1) is 12.8 Å². The van der Waals surface area contributed by atoms with Crippen molar-refractivity contribution in [2.75, 3.05) is 12.0 Å². The number of nitrogens with zero attached hydrogens (tertiary/aromatic N) is 1. The van der Waals surface area contributed by atoms with E-state index in [1.54, 1.807) is 7.11 Å². The number of benzene rings is 5. The van der Waals surface area contributed by atoms with E-state index in [1.165, 1.54) is 33.0 Å². The molecule has 0 fully saturated rings. The summed E-state index contributed by atoms with van der Waals surface area (Å²) in [6, 6.07) is 40.5. The summed E-state index contributed by atoms with van der Waals surface area (Å²) >= 11 is 0. The minimum absolute atomic E-state index is 0.845. The fourth-order valence-electron chi connectivity index (χ4n) is 4.63. The first-order valence-electron chi connectivity index (χ1n) is 12.6. The Labute approximate surface area is 219 Å². The van der Waals surface area contributed by atoms with Gasteiger partial charge >= 0.3 is 0 Å². The molecule has 0 saturated heterocycles. The van der Waals surface area contributed by atoms with Gasteiger partial charge in [-0.2, -0.15) is 0 Å². The van der Waals surface area contributed by atoms with Gasteiger partial charge < -0.3 is 9.64 Å². The predicted octanol–water partition coefficient (Wildman–Crippen LogP) is 9.74. The molecule has 0 amide bonds. The molecular weight excluding hydrogens is 450 g/mol. The van der Waals surface area contributed by atoms with Crippen LogP contribution in [0.1, 0.15) is 23.6 Å². The zero-order valence-corrected chi connectivity index (χ0v) is 21.6. The molecule has 0 bridgehead atoms. The van der Waals surface area contributed by atoms with Gasteiger partial charge in [-0.25, -0.2) is 0 Å². The fraction of sp³-hybridized carbons (Fsp3) is 0.0857. The molecule has 5 rings (SSSR count).